The van der Waals surface area contributed by atoms with E-state index in [0.29, 0.717) is 23.8 Å². The van der Waals surface area contributed by atoms with Crippen LogP contribution in [0.5, 0.6) is 17.2 Å². The van der Waals surface area contributed by atoms with Gasteiger partial charge in [0.1, 0.15) is 0 Å². The van der Waals surface area contributed by atoms with Crippen molar-refractivity contribution in [1.82, 2.24) is 14.9 Å². The monoisotopic (exact) mass is 383 g/mol. The molecule has 0 fully saturated rings. The summed E-state index contributed by atoms with van der Waals surface area (Å²) in [4.78, 5) is 16.7. The minimum Gasteiger partial charge on any atom is -0.493 e. The minimum atomic E-state index is -0.0511. The van der Waals surface area contributed by atoms with E-state index >= 15 is 0 Å². The summed E-state index contributed by atoms with van der Waals surface area (Å²) in [5.74, 6) is 1.54. The van der Waals surface area contributed by atoms with Gasteiger partial charge in [-0.15, -0.1) is 0 Å². The molecule has 148 valence electrons. The Kier molecular flexibility index (Phi) is 6.37. The highest BCUT2D eigenvalue weighted by Crippen LogP contribution is 2.38. The minimum absolute atomic E-state index is 0.0511. The molecule has 3 aromatic rings. The molecule has 0 aliphatic rings. The van der Waals surface area contributed by atoms with E-state index in [2.05, 4.69) is 14.9 Å². The number of aryl methyl sites for hydroxylation is 1. The SMILES string of the molecule is COc1cc(CC(=O)NCCCn2cnc3ccccc32)cc(OC)c1OC. The van der Waals surface area contributed by atoms with Gasteiger partial charge in [0.05, 0.1) is 45.1 Å². The van der Waals surface area contributed by atoms with Crippen LogP contribution in [0.25, 0.3) is 11.0 Å². The lowest BCUT2D eigenvalue weighted by Crippen LogP contribution is -2.26. The van der Waals surface area contributed by atoms with E-state index in [0.717, 1.165) is 29.6 Å². The third-order valence-electron chi connectivity index (χ3n) is 4.51. The molecule has 0 unspecified atom stereocenters. The Morgan fingerprint density at radius 1 is 1.07 bits per heavy atom. The Balaban J connectivity index is 1.53. The molecule has 3 rings (SSSR count). The third-order valence-corrected chi connectivity index (χ3v) is 4.51. The normalized spacial score (nSPS) is 10.7. The van der Waals surface area contributed by atoms with Gasteiger partial charge < -0.3 is 24.1 Å². The molecule has 0 radical (unpaired) electrons. The molecule has 0 spiro atoms. The second-order valence-electron chi connectivity index (χ2n) is 6.34. The van der Waals surface area contributed by atoms with Gasteiger partial charge in [-0.3, -0.25) is 4.79 Å². The topological polar surface area (TPSA) is 74.6 Å². The van der Waals surface area contributed by atoms with Gasteiger partial charge in [-0.2, -0.15) is 0 Å². The molecule has 1 heterocycles. The molecular formula is C21H25N3O4. The molecule has 0 bridgehead atoms. The molecule has 7 heteroatoms. The fourth-order valence-corrected chi connectivity index (χ4v) is 3.15. The fourth-order valence-electron chi connectivity index (χ4n) is 3.15. The standard InChI is InChI=1S/C21H25N3O4/c1-26-18-11-15(12-19(27-2)21(18)28-3)13-20(25)22-9-6-10-24-14-23-16-7-4-5-8-17(16)24/h4-5,7-8,11-12,14H,6,9-10,13H2,1-3H3,(H,22,25). The number of nitrogens with one attached hydrogen (secondary N) is 1. The summed E-state index contributed by atoms with van der Waals surface area (Å²) in [5.41, 5.74) is 2.88. The van der Waals surface area contributed by atoms with Crippen LogP contribution in [0.3, 0.4) is 0 Å². The van der Waals surface area contributed by atoms with Crippen LogP contribution in [-0.2, 0) is 17.8 Å². The highest BCUT2D eigenvalue weighted by atomic mass is 16.5. The smallest absolute Gasteiger partial charge is 0.224 e. The Morgan fingerprint density at radius 2 is 1.79 bits per heavy atom. The van der Waals surface area contributed by atoms with E-state index in [1.165, 1.54) is 0 Å². The van der Waals surface area contributed by atoms with Crippen molar-refractivity contribution in [1.29, 1.82) is 0 Å². The number of rotatable bonds is 9. The summed E-state index contributed by atoms with van der Waals surface area (Å²) in [6, 6.07) is 11.6. The molecule has 28 heavy (non-hydrogen) atoms. The largest absolute Gasteiger partial charge is 0.493 e. The average Bonchev–Trinajstić information content (AvgIpc) is 3.13. The van der Waals surface area contributed by atoms with Crippen LogP contribution in [0.1, 0.15) is 12.0 Å². The summed E-state index contributed by atoms with van der Waals surface area (Å²) in [6.45, 7) is 1.39. The predicted octanol–water partition coefficient (Wildman–Crippen LogP) is 2.81. The van der Waals surface area contributed by atoms with Gasteiger partial charge in [-0.05, 0) is 36.2 Å². The van der Waals surface area contributed by atoms with E-state index in [1.807, 2.05) is 30.6 Å². The van der Waals surface area contributed by atoms with Crippen molar-refractivity contribution in [2.45, 2.75) is 19.4 Å². The first-order valence-electron chi connectivity index (χ1n) is 9.11. The lowest BCUT2D eigenvalue weighted by molar-refractivity contribution is -0.120. The number of carbonyl (C=O) groups excluding carboxylic acids is 1. The zero-order chi connectivity index (χ0) is 19.9. The number of methoxy groups -OCH3 is 3. The van der Waals surface area contributed by atoms with Gasteiger partial charge in [0, 0.05) is 13.1 Å². The number of amides is 1. The number of ether oxygens (including phenoxy) is 3. The Morgan fingerprint density at radius 3 is 2.46 bits per heavy atom. The van der Waals surface area contributed by atoms with Crippen LogP contribution in [0.4, 0.5) is 0 Å². The Labute approximate surface area is 164 Å². The first-order chi connectivity index (χ1) is 13.7. The molecular weight excluding hydrogens is 358 g/mol. The van der Waals surface area contributed by atoms with Crippen molar-refractivity contribution in [3.8, 4) is 17.2 Å². The van der Waals surface area contributed by atoms with Crippen LogP contribution in [0, 0.1) is 0 Å². The molecule has 0 aliphatic carbocycles. The molecule has 0 saturated carbocycles. The molecule has 0 saturated heterocycles. The molecule has 1 amide bonds. The number of hydrogen-bond acceptors (Lipinski definition) is 5. The summed E-state index contributed by atoms with van der Waals surface area (Å²) >= 11 is 0. The predicted molar refractivity (Wildman–Crippen MR) is 107 cm³/mol. The van der Waals surface area contributed by atoms with Crippen LogP contribution < -0.4 is 19.5 Å². The number of para-hydroxylation sites is 2. The Hall–Kier alpha value is -3.22. The Bertz CT molecular complexity index is 927. The average molecular weight is 383 g/mol. The maximum Gasteiger partial charge on any atom is 0.224 e. The van der Waals surface area contributed by atoms with E-state index in [-0.39, 0.29) is 12.3 Å². The summed E-state index contributed by atoms with van der Waals surface area (Å²) in [7, 11) is 4.66. The highest BCUT2D eigenvalue weighted by molar-refractivity contribution is 5.79. The maximum atomic E-state index is 12.3. The van der Waals surface area contributed by atoms with E-state index < -0.39 is 0 Å². The maximum absolute atomic E-state index is 12.3. The number of benzene rings is 2. The van der Waals surface area contributed by atoms with Gasteiger partial charge >= 0.3 is 0 Å². The van der Waals surface area contributed by atoms with Crippen molar-refractivity contribution in [2.75, 3.05) is 27.9 Å². The third kappa shape index (κ3) is 4.36. The second kappa shape index (κ2) is 9.12. The van der Waals surface area contributed by atoms with Crippen LogP contribution in [0.15, 0.2) is 42.7 Å². The number of nitrogens with zero attached hydrogens (tertiary/aromatic N) is 2. The molecule has 0 aliphatic heterocycles. The van der Waals surface area contributed by atoms with Gasteiger partial charge in [-0.25, -0.2) is 4.98 Å². The number of fused-ring (bicyclic) bond motifs is 1. The van der Waals surface area contributed by atoms with Crippen molar-refractivity contribution in [2.24, 2.45) is 0 Å². The van der Waals surface area contributed by atoms with Crippen molar-refractivity contribution in [3.63, 3.8) is 0 Å². The quantitative estimate of drug-likeness (QED) is 0.575. The van der Waals surface area contributed by atoms with Crippen molar-refractivity contribution < 1.29 is 19.0 Å². The van der Waals surface area contributed by atoms with Gasteiger partial charge in [0.2, 0.25) is 11.7 Å². The van der Waals surface area contributed by atoms with Crippen molar-refractivity contribution in [3.05, 3.63) is 48.3 Å². The molecule has 1 aromatic heterocycles. The number of hydrogen-bond donors (Lipinski definition) is 1. The van der Waals surface area contributed by atoms with Crippen molar-refractivity contribution >= 4 is 16.9 Å². The van der Waals surface area contributed by atoms with Crippen LogP contribution in [-0.4, -0.2) is 43.3 Å². The van der Waals surface area contributed by atoms with Gasteiger partial charge in [0.25, 0.3) is 0 Å². The molecule has 1 N–H and O–H groups in total. The second-order valence-corrected chi connectivity index (χ2v) is 6.34. The summed E-state index contributed by atoms with van der Waals surface area (Å²) < 4.78 is 18.1. The zero-order valence-electron chi connectivity index (χ0n) is 16.4. The highest BCUT2D eigenvalue weighted by Gasteiger charge is 2.14. The first kappa shape index (κ1) is 19.5. The zero-order valence-corrected chi connectivity index (χ0v) is 16.4. The van der Waals surface area contributed by atoms with E-state index in [4.69, 9.17) is 14.2 Å². The lowest BCUT2D eigenvalue weighted by atomic mass is 10.1. The lowest BCUT2D eigenvalue weighted by Gasteiger charge is -2.14. The first-order valence-corrected chi connectivity index (χ1v) is 9.11. The molecule has 0 atom stereocenters. The van der Waals surface area contributed by atoms with Gasteiger partial charge in [0.15, 0.2) is 11.5 Å². The number of carbonyl (C=O) groups is 1. The summed E-state index contributed by atoms with van der Waals surface area (Å²) in [6.07, 6.45) is 2.90. The van der Waals surface area contributed by atoms with Crippen LogP contribution >= 0.6 is 0 Å². The fraction of sp³-hybridized carbons (Fsp3) is 0.333. The number of imidazole rings is 1. The van der Waals surface area contributed by atoms with E-state index in [1.54, 1.807) is 33.5 Å². The molecule has 2 aromatic carbocycles. The van der Waals surface area contributed by atoms with Crippen LogP contribution in [0.2, 0.25) is 0 Å². The van der Waals surface area contributed by atoms with E-state index in [9.17, 15) is 4.79 Å². The number of aromatic nitrogens is 2. The molecule has 7 nitrogen and oxygen atoms in total. The summed E-state index contributed by atoms with van der Waals surface area (Å²) in [5, 5.41) is 2.96. The van der Waals surface area contributed by atoms with Gasteiger partial charge in [-0.1, -0.05) is 12.1 Å².